The fourth-order valence-corrected chi connectivity index (χ4v) is 5.23. The zero-order chi connectivity index (χ0) is 22.8. The summed E-state index contributed by atoms with van der Waals surface area (Å²) in [6.07, 6.45) is 2.80. The monoisotopic (exact) mass is 491 g/mol. The minimum atomic E-state index is -0.167. The molecule has 5 rings (SSSR count). The molecular weight excluding hydrogens is 470 g/mol. The van der Waals surface area contributed by atoms with Gasteiger partial charge in [0.2, 0.25) is 0 Å². The van der Waals surface area contributed by atoms with E-state index in [9.17, 15) is 0 Å². The normalized spacial score (nSPS) is 17.9. The maximum absolute atomic E-state index is 6.36. The van der Waals surface area contributed by atoms with Gasteiger partial charge >= 0.3 is 0 Å². The van der Waals surface area contributed by atoms with Gasteiger partial charge in [-0.2, -0.15) is 0 Å². The second-order valence-electron chi connectivity index (χ2n) is 7.73. The lowest BCUT2D eigenvalue weighted by Gasteiger charge is -2.26. The van der Waals surface area contributed by atoms with Crippen LogP contribution >= 0.6 is 35.6 Å². The Hall–Kier alpha value is -2.80. The average molecular weight is 492 g/mol. The first-order chi connectivity index (χ1) is 16.1. The summed E-state index contributed by atoms with van der Waals surface area (Å²) in [5, 5.41) is 5.66. The van der Waals surface area contributed by atoms with E-state index < -0.39 is 0 Å². The Balaban J connectivity index is 1.51. The van der Waals surface area contributed by atoms with Crippen LogP contribution in [0.15, 0.2) is 99.5 Å². The van der Waals surface area contributed by atoms with Crippen molar-refractivity contribution in [3.63, 3.8) is 0 Å². The molecule has 1 N–H and O–H groups in total. The summed E-state index contributed by atoms with van der Waals surface area (Å²) >= 11 is 13.4. The summed E-state index contributed by atoms with van der Waals surface area (Å²) in [7, 11) is 0. The van der Waals surface area contributed by atoms with Crippen molar-refractivity contribution >= 4 is 46.4 Å². The number of hydrogen-bond donors (Lipinski definition) is 1. The van der Waals surface area contributed by atoms with Crippen molar-refractivity contribution in [1.29, 1.82) is 0 Å². The molecule has 1 saturated heterocycles. The van der Waals surface area contributed by atoms with E-state index in [1.165, 1.54) is 5.56 Å². The van der Waals surface area contributed by atoms with Gasteiger partial charge in [0.1, 0.15) is 11.8 Å². The lowest BCUT2D eigenvalue weighted by atomic mass is 10.0. The number of furan rings is 1. The number of aryl methyl sites for hydroxylation is 1. The van der Waals surface area contributed by atoms with Crippen molar-refractivity contribution in [3.8, 4) is 0 Å². The van der Waals surface area contributed by atoms with Gasteiger partial charge in [0.05, 0.1) is 11.7 Å². The highest BCUT2D eigenvalue weighted by molar-refractivity contribution is 7.99. The standard InChI is InChI=1S/C26H22ClN3OS2/c1-2-17-6-10-19(11-7-17)30-25(24(29-26(30)32)21-5-3-4-16-28-21)22-14-15-23(31-22)33-20-12-8-18(27)9-13-20/h3-16,24-25H,2H2,1H3,(H,29,32). The molecule has 2 aromatic carbocycles. The quantitative estimate of drug-likeness (QED) is 0.287. The molecule has 0 bridgehead atoms. The van der Waals surface area contributed by atoms with Gasteiger partial charge in [-0.3, -0.25) is 4.98 Å². The van der Waals surface area contributed by atoms with Crippen LogP contribution in [0.5, 0.6) is 0 Å². The number of nitrogens with one attached hydrogen (secondary N) is 1. The molecule has 1 fully saturated rings. The van der Waals surface area contributed by atoms with E-state index in [1.807, 2.05) is 54.6 Å². The number of nitrogens with zero attached hydrogens (tertiary/aromatic N) is 2. The lowest BCUT2D eigenvalue weighted by Crippen LogP contribution is -2.29. The van der Waals surface area contributed by atoms with Crippen LogP contribution in [-0.4, -0.2) is 10.1 Å². The second kappa shape index (κ2) is 9.59. The van der Waals surface area contributed by atoms with Gasteiger partial charge in [0.25, 0.3) is 0 Å². The molecule has 1 aliphatic heterocycles. The largest absolute Gasteiger partial charge is 0.452 e. The van der Waals surface area contributed by atoms with E-state index in [0.29, 0.717) is 10.1 Å². The molecular formula is C26H22ClN3OS2. The van der Waals surface area contributed by atoms with Gasteiger partial charge in [0.15, 0.2) is 10.2 Å². The summed E-state index contributed by atoms with van der Waals surface area (Å²) in [5.41, 5.74) is 3.23. The molecule has 2 unspecified atom stereocenters. The van der Waals surface area contributed by atoms with Crippen LogP contribution in [0.25, 0.3) is 0 Å². The Morgan fingerprint density at radius 1 is 1.03 bits per heavy atom. The van der Waals surface area contributed by atoms with E-state index in [2.05, 4.69) is 46.4 Å². The maximum atomic E-state index is 6.36. The zero-order valence-corrected chi connectivity index (χ0v) is 20.3. The topological polar surface area (TPSA) is 41.3 Å². The number of halogens is 1. The summed E-state index contributed by atoms with van der Waals surface area (Å²) in [5.74, 6) is 0.828. The third-order valence-electron chi connectivity index (χ3n) is 5.65. The van der Waals surface area contributed by atoms with E-state index >= 15 is 0 Å². The molecule has 1 aliphatic rings. The van der Waals surface area contributed by atoms with Crippen LogP contribution in [0.4, 0.5) is 5.69 Å². The fraction of sp³-hybridized carbons (Fsp3) is 0.154. The van der Waals surface area contributed by atoms with Crippen molar-refractivity contribution < 1.29 is 4.42 Å². The van der Waals surface area contributed by atoms with Gasteiger partial charge in [-0.15, -0.1) is 0 Å². The Morgan fingerprint density at radius 3 is 2.52 bits per heavy atom. The number of thiocarbonyl (C=S) groups is 1. The van der Waals surface area contributed by atoms with E-state index in [0.717, 1.165) is 33.6 Å². The number of rotatable bonds is 6. The number of hydrogen-bond acceptors (Lipinski definition) is 4. The first kappa shape index (κ1) is 22.0. The van der Waals surface area contributed by atoms with Crippen LogP contribution in [0.1, 0.15) is 36.0 Å². The average Bonchev–Trinajstić information content (AvgIpc) is 3.45. The fourth-order valence-electron chi connectivity index (χ4n) is 3.98. The molecule has 0 radical (unpaired) electrons. The number of pyridine rings is 1. The molecule has 166 valence electrons. The zero-order valence-electron chi connectivity index (χ0n) is 17.9. The van der Waals surface area contributed by atoms with Crippen molar-refractivity contribution in [3.05, 3.63) is 107 Å². The molecule has 2 atom stereocenters. The summed E-state index contributed by atoms with van der Waals surface area (Å²) in [6, 6.07) is 25.9. The highest BCUT2D eigenvalue weighted by atomic mass is 35.5. The smallest absolute Gasteiger partial charge is 0.174 e. The number of benzene rings is 2. The molecule has 4 aromatic rings. The second-order valence-corrected chi connectivity index (χ2v) is 9.63. The van der Waals surface area contributed by atoms with Crippen molar-refractivity contribution in [2.24, 2.45) is 0 Å². The van der Waals surface area contributed by atoms with Crippen LogP contribution in [-0.2, 0) is 6.42 Å². The summed E-state index contributed by atoms with van der Waals surface area (Å²) in [4.78, 5) is 7.79. The van der Waals surface area contributed by atoms with Gasteiger partial charge < -0.3 is 14.6 Å². The highest BCUT2D eigenvalue weighted by Crippen LogP contribution is 2.43. The number of anilines is 1. The SMILES string of the molecule is CCc1ccc(N2C(=S)NC(c3ccccn3)C2c2ccc(Sc3ccc(Cl)cc3)o2)cc1. The summed E-state index contributed by atoms with van der Waals surface area (Å²) in [6.45, 7) is 2.15. The van der Waals surface area contributed by atoms with E-state index in [4.69, 9.17) is 28.2 Å². The van der Waals surface area contributed by atoms with E-state index in [-0.39, 0.29) is 12.1 Å². The molecule has 0 amide bonds. The van der Waals surface area contributed by atoms with Crippen LogP contribution in [0, 0.1) is 0 Å². The molecule has 4 nitrogen and oxygen atoms in total. The third-order valence-corrected chi connectivity index (χ3v) is 7.14. The predicted molar refractivity (Wildman–Crippen MR) is 138 cm³/mol. The Kier molecular flexibility index (Phi) is 6.40. The molecule has 2 aromatic heterocycles. The molecule has 0 saturated carbocycles. The molecule has 0 aliphatic carbocycles. The third kappa shape index (κ3) is 4.64. The Bertz CT molecular complexity index is 1240. The van der Waals surface area contributed by atoms with Gasteiger partial charge in [-0.25, -0.2) is 0 Å². The molecule has 3 heterocycles. The van der Waals surface area contributed by atoms with Crippen LogP contribution < -0.4 is 10.2 Å². The lowest BCUT2D eigenvalue weighted by molar-refractivity contribution is 0.383. The predicted octanol–water partition coefficient (Wildman–Crippen LogP) is 7.22. The molecule has 33 heavy (non-hydrogen) atoms. The van der Waals surface area contributed by atoms with Crippen molar-refractivity contribution in [1.82, 2.24) is 10.3 Å². The Labute approximate surface area is 208 Å². The minimum absolute atomic E-state index is 0.135. The highest BCUT2D eigenvalue weighted by Gasteiger charge is 2.42. The van der Waals surface area contributed by atoms with Gasteiger partial charge in [-0.05, 0) is 84.9 Å². The van der Waals surface area contributed by atoms with Crippen LogP contribution in [0.2, 0.25) is 5.02 Å². The molecule has 7 heteroatoms. The van der Waals surface area contributed by atoms with Gasteiger partial charge in [-0.1, -0.05) is 48.5 Å². The van der Waals surface area contributed by atoms with E-state index in [1.54, 1.807) is 18.0 Å². The van der Waals surface area contributed by atoms with Gasteiger partial charge in [0, 0.05) is 21.8 Å². The number of aromatic nitrogens is 1. The maximum Gasteiger partial charge on any atom is 0.174 e. The first-order valence-corrected chi connectivity index (χ1v) is 12.4. The van der Waals surface area contributed by atoms with Crippen molar-refractivity contribution in [2.45, 2.75) is 35.4 Å². The Morgan fingerprint density at radius 2 is 1.82 bits per heavy atom. The van der Waals surface area contributed by atoms with Crippen molar-refractivity contribution in [2.75, 3.05) is 4.90 Å². The minimum Gasteiger partial charge on any atom is -0.452 e. The van der Waals surface area contributed by atoms with Crippen LogP contribution in [0.3, 0.4) is 0 Å². The summed E-state index contributed by atoms with van der Waals surface area (Å²) < 4.78 is 6.36. The molecule has 0 spiro atoms. The first-order valence-electron chi connectivity index (χ1n) is 10.7.